The minimum Gasteiger partial charge on any atom is -0.351 e. The Morgan fingerprint density at radius 1 is 1.02 bits per heavy atom. The fourth-order valence-corrected chi connectivity index (χ4v) is 5.66. The van der Waals surface area contributed by atoms with E-state index in [9.17, 15) is 28.8 Å². The maximum absolute atomic E-state index is 13.3. The molecule has 4 N–H and O–H groups in total. The average molecular weight is 598 g/mol. The minimum atomic E-state index is -0.837. The molecule has 2 aliphatic rings. The van der Waals surface area contributed by atoms with Gasteiger partial charge in [-0.05, 0) is 38.0 Å². The number of carbonyl (C=O) groups excluding carboxylic acids is 6. The highest BCUT2D eigenvalue weighted by Crippen LogP contribution is 2.27. The van der Waals surface area contributed by atoms with Gasteiger partial charge in [-0.1, -0.05) is 38.7 Å². The van der Waals surface area contributed by atoms with Crippen LogP contribution in [0.3, 0.4) is 0 Å². The van der Waals surface area contributed by atoms with E-state index in [1.807, 2.05) is 6.92 Å². The first-order valence-corrected chi connectivity index (χ1v) is 15.1. The molecular formula is C30H43N7O6. The number of rotatable bonds is 15. The molecule has 3 rings (SSSR count). The fourth-order valence-electron chi connectivity index (χ4n) is 5.66. The zero-order valence-electron chi connectivity index (χ0n) is 24.8. The Balaban J connectivity index is 1.59. The maximum atomic E-state index is 13.3. The first kappa shape index (κ1) is 33.3. The number of nitrogens with zero attached hydrogens (tertiary/aromatic N) is 3. The van der Waals surface area contributed by atoms with Gasteiger partial charge in [0, 0.05) is 37.9 Å². The molecule has 13 nitrogen and oxygen atoms in total. The number of ketones is 1. The summed E-state index contributed by atoms with van der Waals surface area (Å²) in [5, 5.41) is 10.8. The normalized spacial score (nSPS) is 18.2. The Kier molecular flexibility index (Phi) is 13.2. The SMILES string of the molecule is C=CCNC(=O)C(=O)CC(CCC)NC(=O)C1CCCN1C(=O)CNC(=O)C(NC(=O)c1cnccn1)C1CCCCC1. The van der Waals surface area contributed by atoms with Crippen LogP contribution in [0.4, 0.5) is 0 Å². The van der Waals surface area contributed by atoms with Crippen LogP contribution in [0.5, 0.6) is 0 Å². The van der Waals surface area contributed by atoms with Crippen LogP contribution in [0.25, 0.3) is 0 Å². The van der Waals surface area contributed by atoms with Crippen LogP contribution in [-0.4, -0.2) is 87.9 Å². The molecule has 1 aromatic rings. The first-order chi connectivity index (χ1) is 20.7. The van der Waals surface area contributed by atoms with E-state index < -0.39 is 53.4 Å². The number of carbonyl (C=O) groups is 6. The molecule has 0 bridgehead atoms. The Labute approximate surface area is 252 Å². The summed E-state index contributed by atoms with van der Waals surface area (Å²) in [6, 6.07) is -2.14. The van der Waals surface area contributed by atoms with Gasteiger partial charge in [-0.25, -0.2) is 4.98 Å². The number of aromatic nitrogens is 2. The molecule has 43 heavy (non-hydrogen) atoms. The van der Waals surface area contributed by atoms with Gasteiger partial charge in [0.2, 0.25) is 23.5 Å². The second kappa shape index (κ2) is 17.1. The summed E-state index contributed by atoms with van der Waals surface area (Å²) >= 11 is 0. The quantitative estimate of drug-likeness (QED) is 0.169. The summed E-state index contributed by atoms with van der Waals surface area (Å²) < 4.78 is 0. The second-order valence-corrected chi connectivity index (χ2v) is 11.0. The molecule has 2 fully saturated rings. The van der Waals surface area contributed by atoms with Gasteiger partial charge in [-0.15, -0.1) is 6.58 Å². The Hall–Kier alpha value is -4.16. The average Bonchev–Trinajstić information content (AvgIpc) is 3.52. The second-order valence-electron chi connectivity index (χ2n) is 11.0. The summed E-state index contributed by atoms with van der Waals surface area (Å²) in [4.78, 5) is 86.2. The topological polar surface area (TPSA) is 180 Å². The monoisotopic (exact) mass is 597 g/mol. The molecular weight excluding hydrogens is 554 g/mol. The number of hydrogen-bond acceptors (Lipinski definition) is 8. The zero-order valence-corrected chi connectivity index (χ0v) is 24.8. The van der Waals surface area contributed by atoms with Gasteiger partial charge in [-0.2, -0.15) is 0 Å². The third-order valence-corrected chi connectivity index (χ3v) is 7.85. The lowest BCUT2D eigenvalue weighted by atomic mass is 9.83. The van der Waals surface area contributed by atoms with E-state index in [4.69, 9.17) is 0 Å². The number of amides is 5. The van der Waals surface area contributed by atoms with Crippen molar-refractivity contribution < 1.29 is 28.8 Å². The summed E-state index contributed by atoms with van der Waals surface area (Å²) in [5.74, 6) is -3.24. The van der Waals surface area contributed by atoms with Crippen molar-refractivity contribution in [2.24, 2.45) is 5.92 Å². The third kappa shape index (κ3) is 9.97. The van der Waals surface area contributed by atoms with E-state index in [1.54, 1.807) is 0 Å². The lowest BCUT2D eigenvalue weighted by Crippen LogP contribution is -2.55. The third-order valence-electron chi connectivity index (χ3n) is 7.85. The minimum absolute atomic E-state index is 0.0770. The maximum Gasteiger partial charge on any atom is 0.287 e. The van der Waals surface area contributed by atoms with Crippen LogP contribution in [0, 0.1) is 5.92 Å². The Morgan fingerprint density at radius 3 is 2.47 bits per heavy atom. The first-order valence-electron chi connectivity index (χ1n) is 15.1. The Morgan fingerprint density at radius 2 is 1.79 bits per heavy atom. The molecule has 1 aliphatic carbocycles. The lowest BCUT2D eigenvalue weighted by Gasteiger charge is -2.30. The van der Waals surface area contributed by atoms with Gasteiger partial charge in [0.1, 0.15) is 17.8 Å². The molecule has 1 aromatic heterocycles. The summed E-state index contributed by atoms with van der Waals surface area (Å²) in [5.41, 5.74) is 0.0959. The van der Waals surface area contributed by atoms with Crippen LogP contribution in [0.2, 0.25) is 0 Å². The number of Topliss-reactive ketones (excluding diaryl/α,β-unsaturated/α-hetero) is 1. The number of nitrogens with one attached hydrogen (secondary N) is 4. The van der Waals surface area contributed by atoms with Crippen LogP contribution < -0.4 is 21.3 Å². The number of likely N-dealkylation sites (tertiary alicyclic amines) is 1. The largest absolute Gasteiger partial charge is 0.351 e. The molecule has 234 valence electrons. The fraction of sp³-hybridized carbons (Fsp3) is 0.600. The van der Waals surface area contributed by atoms with Gasteiger partial charge < -0.3 is 26.2 Å². The molecule has 1 saturated heterocycles. The highest BCUT2D eigenvalue weighted by Gasteiger charge is 2.36. The molecule has 0 aromatic carbocycles. The highest BCUT2D eigenvalue weighted by atomic mass is 16.2. The van der Waals surface area contributed by atoms with E-state index in [2.05, 4.69) is 37.8 Å². The van der Waals surface area contributed by atoms with Crippen molar-refractivity contribution >= 4 is 35.3 Å². The van der Waals surface area contributed by atoms with Crippen molar-refractivity contribution in [1.82, 2.24) is 36.1 Å². The highest BCUT2D eigenvalue weighted by molar-refractivity contribution is 6.36. The van der Waals surface area contributed by atoms with Crippen molar-refractivity contribution in [2.75, 3.05) is 19.6 Å². The van der Waals surface area contributed by atoms with Gasteiger partial charge in [0.15, 0.2) is 0 Å². The van der Waals surface area contributed by atoms with E-state index >= 15 is 0 Å². The smallest absolute Gasteiger partial charge is 0.287 e. The van der Waals surface area contributed by atoms with Gasteiger partial charge >= 0.3 is 0 Å². The van der Waals surface area contributed by atoms with Crippen LogP contribution in [0.1, 0.15) is 81.6 Å². The molecule has 0 spiro atoms. The van der Waals surface area contributed by atoms with Gasteiger partial charge in [-0.3, -0.25) is 33.8 Å². The number of hydrogen-bond donors (Lipinski definition) is 4. The molecule has 2 heterocycles. The van der Waals surface area contributed by atoms with E-state index in [0.29, 0.717) is 32.2 Å². The van der Waals surface area contributed by atoms with Gasteiger partial charge in [0.25, 0.3) is 11.8 Å². The van der Waals surface area contributed by atoms with Crippen molar-refractivity contribution in [1.29, 1.82) is 0 Å². The Bertz CT molecular complexity index is 1150. The standard InChI is InChI=1S/C30H43N7O6/c1-3-9-21(17-24(38)29(42)33-13-4-2)35-28(41)23-12-8-16-37(23)25(39)19-34-30(43)26(20-10-6-5-7-11-20)36-27(40)22-18-31-14-15-32-22/h4,14-15,18,20-21,23,26H,2-3,5-13,16-17,19H2,1H3,(H,33,42)(H,34,43)(H,35,41)(H,36,40). The van der Waals surface area contributed by atoms with Crippen molar-refractivity contribution in [3.63, 3.8) is 0 Å². The zero-order chi connectivity index (χ0) is 31.2. The van der Waals surface area contributed by atoms with Crippen molar-refractivity contribution in [3.8, 4) is 0 Å². The summed E-state index contributed by atoms with van der Waals surface area (Å²) in [6.07, 6.45) is 12.2. The van der Waals surface area contributed by atoms with E-state index in [-0.39, 0.29) is 31.1 Å². The molecule has 3 unspecified atom stereocenters. The lowest BCUT2D eigenvalue weighted by molar-refractivity contribution is -0.140. The van der Waals surface area contributed by atoms with Crippen molar-refractivity contribution in [2.45, 2.75) is 89.3 Å². The molecule has 1 saturated carbocycles. The van der Waals surface area contributed by atoms with Crippen LogP contribution >= 0.6 is 0 Å². The van der Waals surface area contributed by atoms with Crippen LogP contribution in [-0.2, 0) is 24.0 Å². The predicted molar refractivity (Wildman–Crippen MR) is 157 cm³/mol. The molecule has 13 heteroatoms. The molecule has 1 aliphatic heterocycles. The van der Waals surface area contributed by atoms with E-state index in [0.717, 1.165) is 32.1 Å². The van der Waals surface area contributed by atoms with Gasteiger partial charge in [0.05, 0.1) is 12.7 Å². The summed E-state index contributed by atoms with van der Waals surface area (Å²) in [7, 11) is 0. The summed E-state index contributed by atoms with van der Waals surface area (Å²) in [6.45, 7) is 5.60. The van der Waals surface area contributed by atoms with E-state index in [1.165, 1.54) is 29.6 Å². The molecule has 3 atom stereocenters. The molecule has 0 radical (unpaired) electrons. The van der Waals surface area contributed by atoms with Crippen LogP contribution in [0.15, 0.2) is 31.2 Å². The molecule has 5 amide bonds. The van der Waals surface area contributed by atoms with Crippen molar-refractivity contribution in [3.05, 3.63) is 36.9 Å². The predicted octanol–water partition coefficient (Wildman–Crippen LogP) is 0.809.